The zero-order valence-corrected chi connectivity index (χ0v) is 10.9. The molecule has 0 aliphatic carbocycles. The Morgan fingerprint density at radius 1 is 1.31 bits per heavy atom. The van der Waals surface area contributed by atoms with Gasteiger partial charge in [0.1, 0.15) is 0 Å². The van der Waals surface area contributed by atoms with Crippen LogP contribution < -0.4 is 0 Å². The third-order valence-corrected chi connectivity index (χ3v) is 2.83. The summed E-state index contributed by atoms with van der Waals surface area (Å²) >= 11 is 5.78. The average Bonchev–Trinajstić information content (AvgIpc) is 2.75. The van der Waals surface area contributed by atoms with Crippen LogP contribution in [0.15, 0.2) is 30.5 Å². The normalized spacial score (nSPS) is 12.0. The lowest BCUT2D eigenvalue weighted by atomic mass is 10.2. The molecule has 2 aromatic rings. The summed E-state index contributed by atoms with van der Waals surface area (Å²) in [4.78, 5) is 0. The van der Waals surface area contributed by atoms with Crippen LogP contribution in [0.25, 0.3) is 10.9 Å². The van der Waals surface area contributed by atoms with Crippen LogP contribution >= 0.6 is 11.6 Å². The van der Waals surface area contributed by atoms with Crippen molar-refractivity contribution in [3.05, 3.63) is 30.5 Å². The van der Waals surface area contributed by atoms with Crippen LogP contribution in [-0.2, 0) is 6.54 Å². The van der Waals surface area contributed by atoms with Gasteiger partial charge in [0, 0.05) is 17.8 Å². The molecule has 0 amide bonds. The van der Waals surface area contributed by atoms with E-state index in [2.05, 4.69) is 24.2 Å². The van der Waals surface area contributed by atoms with Crippen molar-refractivity contribution in [2.24, 2.45) is 5.92 Å². The van der Waals surface area contributed by atoms with Crippen molar-refractivity contribution in [2.75, 3.05) is 5.88 Å². The summed E-state index contributed by atoms with van der Waals surface area (Å²) in [5.74, 6) is 1.13. The second-order valence-electron chi connectivity index (χ2n) is 3.64. The van der Waals surface area contributed by atoms with Gasteiger partial charge in [-0.05, 0) is 12.0 Å². The van der Waals surface area contributed by atoms with Gasteiger partial charge in [-0.15, -0.1) is 11.6 Å². The molecule has 1 atom stereocenters. The van der Waals surface area contributed by atoms with Crippen LogP contribution in [0, 0.1) is 5.92 Å². The molecular formula is C13H19ClN2. The SMILES string of the molecule is CC.CC(CCl)Cn1ncc2ccccc21. The van der Waals surface area contributed by atoms with Crippen molar-refractivity contribution in [3.63, 3.8) is 0 Å². The van der Waals surface area contributed by atoms with E-state index in [0.29, 0.717) is 11.8 Å². The Morgan fingerprint density at radius 3 is 2.69 bits per heavy atom. The molecule has 1 aromatic heterocycles. The summed E-state index contributed by atoms with van der Waals surface area (Å²) in [6.07, 6.45) is 1.90. The summed E-state index contributed by atoms with van der Waals surface area (Å²) < 4.78 is 2.02. The van der Waals surface area contributed by atoms with Gasteiger partial charge in [0.15, 0.2) is 0 Å². The van der Waals surface area contributed by atoms with E-state index in [1.54, 1.807) is 0 Å². The lowest BCUT2D eigenvalue weighted by Gasteiger charge is -2.08. The van der Waals surface area contributed by atoms with Gasteiger partial charge in [0.25, 0.3) is 0 Å². The van der Waals surface area contributed by atoms with Gasteiger partial charge in [0.2, 0.25) is 0 Å². The maximum absolute atomic E-state index is 5.78. The number of alkyl halides is 1. The molecule has 0 spiro atoms. The van der Waals surface area contributed by atoms with Gasteiger partial charge >= 0.3 is 0 Å². The van der Waals surface area contributed by atoms with Crippen LogP contribution in [0.3, 0.4) is 0 Å². The predicted octanol–water partition coefficient (Wildman–Crippen LogP) is 3.94. The molecule has 0 aliphatic heterocycles. The molecule has 1 aromatic carbocycles. The highest BCUT2D eigenvalue weighted by molar-refractivity contribution is 6.18. The van der Waals surface area contributed by atoms with E-state index in [1.165, 1.54) is 10.9 Å². The molecular weight excluding hydrogens is 220 g/mol. The highest BCUT2D eigenvalue weighted by atomic mass is 35.5. The average molecular weight is 239 g/mol. The number of nitrogens with zero attached hydrogens (tertiary/aromatic N) is 2. The van der Waals surface area contributed by atoms with Crippen molar-refractivity contribution in [2.45, 2.75) is 27.3 Å². The first-order valence-corrected chi connectivity index (χ1v) is 6.31. The second-order valence-corrected chi connectivity index (χ2v) is 3.95. The van der Waals surface area contributed by atoms with E-state index in [0.717, 1.165) is 6.54 Å². The number of halogens is 1. The van der Waals surface area contributed by atoms with E-state index in [9.17, 15) is 0 Å². The van der Waals surface area contributed by atoms with Gasteiger partial charge in [-0.25, -0.2) is 0 Å². The van der Waals surface area contributed by atoms with Crippen LogP contribution in [0.1, 0.15) is 20.8 Å². The first kappa shape index (κ1) is 13.0. The van der Waals surface area contributed by atoms with Gasteiger partial charge in [-0.2, -0.15) is 5.10 Å². The fourth-order valence-electron chi connectivity index (χ4n) is 1.52. The van der Waals surface area contributed by atoms with Crippen LogP contribution in [0.2, 0.25) is 0 Å². The van der Waals surface area contributed by atoms with E-state index in [1.807, 2.05) is 36.9 Å². The Balaban J connectivity index is 0.000000606. The van der Waals surface area contributed by atoms with Crippen molar-refractivity contribution < 1.29 is 0 Å². The molecule has 0 saturated carbocycles. The topological polar surface area (TPSA) is 17.8 Å². The molecule has 3 heteroatoms. The molecule has 0 saturated heterocycles. The van der Waals surface area contributed by atoms with E-state index >= 15 is 0 Å². The number of aromatic nitrogens is 2. The fourth-order valence-corrected chi connectivity index (χ4v) is 1.61. The summed E-state index contributed by atoms with van der Waals surface area (Å²) in [5.41, 5.74) is 1.18. The molecule has 16 heavy (non-hydrogen) atoms. The number of hydrogen-bond donors (Lipinski definition) is 0. The molecule has 1 unspecified atom stereocenters. The third-order valence-electron chi connectivity index (χ3n) is 2.30. The summed E-state index contributed by atoms with van der Waals surface area (Å²) in [6.45, 7) is 7.01. The largest absolute Gasteiger partial charge is 0.265 e. The van der Waals surface area contributed by atoms with E-state index < -0.39 is 0 Å². The van der Waals surface area contributed by atoms with Crippen LogP contribution in [-0.4, -0.2) is 15.7 Å². The maximum atomic E-state index is 5.78. The number of rotatable bonds is 3. The molecule has 2 nitrogen and oxygen atoms in total. The number of benzene rings is 1. The molecule has 0 radical (unpaired) electrons. The standard InChI is InChI=1S/C11H13ClN2.C2H6/c1-9(6-12)8-14-11-5-3-2-4-10(11)7-13-14;1-2/h2-5,7,9H,6,8H2,1H3;1-2H3. The van der Waals surface area contributed by atoms with Gasteiger partial charge in [-0.3, -0.25) is 4.68 Å². The van der Waals surface area contributed by atoms with Crippen LogP contribution in [0.5, 0.6) is 0 Å². The highest BCUT2D eigenvalue weighted by Gasteiger charge is 2.05. The van der Waals surface area contributed by atoms with Crippen molar-refractivity contribution >= 4 is 22.5 Å². The predicted molar refractivity (Wildman–Crippen MR) is 71.0 cm³/mol. The minimum absolute atomic E-state index is 0.458. The lowest BCUT2D eigenvalue weighted by Crippen LogP contribution is -2.09. The van der Waals surface area contributed by atoms with E-state index in [4.69, 9.17) is 11.6 Å². The maximum Gasteiger partial charge on any atom is 0.0682 e. The number of fused-ring (bicyclic) bond motifs is 1. The lowest BCUT2D eigenvalue weighted by molar-refractivity contribution is 0.499. The zero-order chi connectivity index (χ0) is 12.0. The molecule has 0 aliphatic rings. The Labute approximate surface area is 102 Å². The second kappa shape index (κ2) is 6.54. The molecule has 2 rings (SSSR count). The minimum Gasteiger partial charge on any atom is -0.265 e. The minimum atomic E-state index is 0.458. The highest BCUT2D eigenvalue weighted by Crippen LogP contribution is 2.14. The Morgan fingerprint density at radius 2 is 2.00 bits per heavy atom. The monoisotopic (exact) mass is 238 g/mol. The molecule has 1 heterocycles. The summed E-state index contributed by atoms with van der Waals surface area (Å²) in [7, 11) is 0. The summed E-state index contributed by atoms with van der Waals surface area (Å²) in [5, 5.41) is 5.53. The number of para-hydroxylation sites is 1. The smallest absolute Gasteiger partial charge is 0.0682 e. The number of hydrogen-bond acceptors (Lipinski definition) is 1. The third kappa shape index (κ3) is 2.99. The van der Waals surface area contributed by atoms with Gasteiger partial charge in [-0.1, -0.05) is 39.0 Å². The Kier molecular flexibility index (Phi) is 5.33. The first-order chi connectivity index (χ1) is 7.81. The van der Waals surface area contributed by atoms with Gasteiger partial charge in [0.05, 0.1) is 11.7 Å². The quantitative estimate of drug-likeness (QED) is 0.741. The first-order valence-electron chi connectivity index (χ1n) is 5.78. The van der Waals surface area contributed by atoms with Crippen molar-refractivity contribution in [1.82, 2.24) is 9.78 Å². The van der Waals surface area contributed by atoms with Crippen molar-refractivity contribution in [1.29, 1.82) is 0 Å². The molecule has 88 valence electrons. The molecule has 0 bridgehead atoms. The van der Waals surface area contributed by atoms with Crippen LogP contribution in [0.4, 0.5) is 0 Å². The molecule has 0 fully saturated rings. The molecule has 0 N–H and O–H groups in total. The van der Waals surface area contributed by atoms with Crippen molar-refractivity contribution in [3.8, 4) is 0 Å². The van der Waals surface area contributed by atoms with Gasteiger partial charge < -0.3 is 0 Å². The van der Waals surface area contributed by atoms with E-state index in [-0.39, 0.29) is 0 Å². The zero-order valence-electron chi connectivity index (χ0n) is 10.2. The Bertz CT molecular complexity index is 423. The fraction of sp³-hybridized carbons (Fsp3) is 0.462. The summed E-state index contributed by atoms with van der Waals surface area (Å²) in [6, 6.07) is 8.22. The Hall–Kier alpha value is -1.02.